The lowest BCUT2D eigenvalue weighted by molar-refractivity contribution is 0.0879. The van der Waals surface area contributed by atoms with E-state index in [2.05, 4.69) is 4.98 Å². The van der Waals surface area contributed by atoms with Gasteiger partial charge in [-0.15, -0.1) is 0 Å². The lowest BCUT2D eigenvalue weighted by atomic mass is 10.0. The Morgan fingerprint density at radius 1 is 1.14 bits per heavy atom. The fourth-order valence-corrected chi connectivity index (χ4v) is 4.41. The SMILES string of the molecule is Cc1cncc(-n2c(=O)c(Cc3cc(F)c(F)c(F)c3)c(N3CCC(C(F)F)C3)n(CC#N)c2=O)c1. The molecular weight excluding hydrogens is 485 g/mol. The number of aromatic nitrogens is 3. The molecule has 36 heavy (non-hydrogen) atoms. The Kier molecular flexibility index (Phi) is 6.92. The molecule has 188 valence electrons. The van der Waals surface area contributed by atoms with Crippen molar-refractivity contribution in [2.24, 2.45) is 5.92 Å². The maximum Gasteiger partial charge on any atom is 0.338 e. The zero-order valence-corrected chi connectivity index (χ0v) is 19.0. The summed E-state index contributed by atoms with van der Waals surface area (Å²) >= 11 is 0. The highest BCUT2D eigenvalue weighted by atomic mass is 19.3. The van der Waals surface area contributed by atoms with Crippen LogP contribution in [0.1, 0.15) is 23.1 Å². The third-order valence-electron chi connectivity index (χ3n) is 6.06. The van der Waals surface area contributed by atoms with E-state index in [1.165, 1.54) is 23.4 Å². The number of nitriles is 1. The number of anilines is 1. The van der Waals surface area contributed by atoms with Gasteiger partial charge in [0.25, 0.3) is 5.56 Å². The smallest absolute Gasteiger partial charge is 0.338 e. The van der Waals surface area contributed by atoms with Crippen LogP contribution in [0.4, 0.5) is 27.8 Å². The summed E-state index contributed by atoms with van der Waals surface area (Å²) in [5.74, 6) is -5.75. The van der Waals surface area contributed by atoms with Crippen molar-refractivity contribution in [3.63, 3.8) is 0 Å². The molecule has 1 unspecified atom stereocenters. The highest BCUT2D eigenvalue weighted by molar-refractivity contribution is 5.52. The summed E-state index contributed by atoms with van der Waals surface area (Å²) in [6.45, 7) is 1.03. The Balaban J connectivity index is 2.01. The number of alkyl halides is 2. The summed E-state index contributed by atoms with van der Waals surface area (Å²) < 4.78 is 69.9. The predicted octanol–water partition coefficient (Wildman–Crippen LogP) is 3.33. The van der Waals surface area contributed by atoms with Gasteiger partial charge < -0.3 is 4.90 Å². The molecule has 3 aromatic rings. The topological polar surface area (TPSA) is 83.9 Å². The van der Waals surface area contributed by atoms with E-state index in [4.69, 9.17) is 0 Å². The number of pyridine rings is 1. The zero-order valence-electron chi connectivity index (χ0n) is 19.0. The van der Waals surface area contributed by atoms with Crippen LogP contribution in [0, 0.1) is 41.6 Å². The molecule has 1 saturated heterocycles. The van der Waals surface area contributed by atoms with Crippen molar-refractivity contribution in [1.82, 2.24) is 14.1 Å². The largest absolute Gasteiger partial charge is 0.357 e. The van der Waals surface area contributed by atoms with Crippen LogP contribution in [0.25, 0.3) is 5.69 Å². The number of halogens is 5. The Labute approximate surface area is 201 Å². The van der Waals surface area contributed by atoms with Crippen LogP contribution in [0.15, 0.2) is 40.2 Å². The maximum absolute atomic E-state index is 13.9. The third-order valence-corrected chi connectivity index (χ3v) is 6.06. The van der Waals surface area contributed by atoms with Gasteiger partial charge in [0, 0.05) is 31.6 Å². The predicted molar refractivity (Wildman–Crippen MR) is 120 cm³/mol. The summed E-state index contributed by atoms with van der Waals surface area (Å²) in [7, 11) is 0. The maximum atomic E-state index is 13.9. The lowest BCUT2D eigenvalue weighted by Gasteiger charge is -2.26. The number of nitrogens with zero attached hydrogens (tertiary/aromatic N) is 5. The molecule has 2 aromatic heterocycles. The molecule has 7 nitrogen and oxygen atoms in total. The van der Waals surface area contributed by atoms with Gasteiger partial charge in [0.05, 0.1) is 23.5 Å². The molecule has 12 heteroatoms. The number of rotatable bonds is 6. The summed E-state index contributed by atoms with van der Waals surface area (Å²) in [5, 5.41) is 9.42. The average Bonchev–Trinajstić information content (AvgIpc) is 3.31. The molecule has 0 radical (unpaired) electrons. The minimum absolute atomic E-state index is 0.0640. The van der Waals surface area contributed by atoms with E-state index in [9.17, 15) is 36.8 Å². The van der Waals surface area contributed by atoms with Gasteiger partial charge in [-0.25, -0.2) is 31.3 Å². The zero-order chi connectivity index (χ0) is 26.1. The van der Waals surface area contributed by atoms with Gasteiger partial charge in [-0.2, -0.15) is 5.26 Å². The van der Waals surface area contributed by atoms with E-state index < -0.39 is 54.0 Å². The fraction of sp³-hybridized carbons (Fsp3) is 0.333. The van der Waals surface area contributed by atoms with Crippen LogP contribution in [0.5, 0.6) is 0 Å². The molecule has 0 amide bonds. The second-order valence-corrected chi connectivity index (χ2v) is 8.57. The van der Waals surface area contributed by atoms with Gasteiger partial charge >= 0.3 is 5.69 Å². The molecule has 1 aliphatic heterocycles. The van der Waals surface area contributed by atoms with E-state index in [1.807, 2.05) is 6.07 Å². The molecule has 3 heterocycles. The summed E-state index contributed by atoms with van der Waals surface area (Å²) in [6, 6.07) is 4.77. The van der Waals surface area contributed by atoms with Crippen molar-refractivity contribution in [2.75, 3.05) is 18.0 Å². The normalized spacial score (nSPS) is 15.5. The van der Waals surface area contributed by atoms with Crippen LogP contribution in [-0.2, 0) is 13.0 Å². The fourth-order valence-electron chi connectivity index (χ4n) is 4.41. The van der Waals surface area contributed by atoms with Crippen molar-refractivity contribution in [2.45, 2.75) is 32.7 Å². The molecule has 0 spiro atoms. The number of hydrogen-bond acceptors (Lipinski definition) is 5. The Hall–Kier alpha value is -4.01. The van der Waals surface area contributed by atoms with Gasteiger partial charge in [-0.3, -0.25) is 14.3 Å². The van der Waals surface area contributed by atoms with E-state index in [-0.39, 0.29) is 42.1 Å². The Morgan fingerprint density at radius 3 is 2.42 bits per heavy atom. The minimum Gasteiger partial charge on any atom is -0.357 e. The van der Waals surface area contributed by atoms with Crippen molar-refractivity contribution < 1.29 is 22.0 Å². The second kappa shape index (κ2) is 9.93. The minimum atomic E-state index is -2.64. The number of hydrogen-bond donors (Lipinski definition) is 0. The van der Waals surface area contributed by atoms with Gasteiger partial charge in [0.15, 0.2) is 17.5 Å². The van der Waals surface area contributed by atoms with Crippen molar-refractivity contribution in [3.8, 4) is 11.8 Å². The molecule has 1 atom stereocenters. The van der Waals surface area contributed by atoms with Gasteiger partial charge in [0.1, 0.15) is 12.4 Å². The number of benzene rings is 1. The van der Waals surface area contributed by atoms with Gasteiger partial charge in [-0.1, -0.05) is 0 Å². The van der Waals surface area contributed by atoms with Crippen LogP contribution in [-0.4, -0.2) is 33.6 Å². The Morgan fingerprint density at radius 2 is 1.83 bits per heavy atom. The van der Waals surface area contributed by atoms with Crippen molar-refractivity contribution >= 4 is 5.82 Å². The molecule has 0 N–H and O–H groups in total. The van der Waals surface area contributed by atoms with Crippen LogP contribution < -0.4 is 16.1 Å². The first-order valence-electron chi connectivity index (χ1n) is 11.0. The molecule has 1 aromatic carbocycles. The molecule has 1 fully saturated rings. The first-order chi connectivity index (χ1) is 17.1. The van der Waals surface area contributed by atoms with Gasteiger partial charge in [0.2, 0.25) is 6.43 Å². The van der Waals surface area contributed by atoms with Crippen LogP contribution in [0.3, 0.4) is 0 Å². The van der Waals surface area contributed by atoms with E-state index in [0.717, 1.165) is 9.13 Å². The standard InChI is InChI=1S/C24H20F5N5O2/c1-13-6-16(11-31-10-13)34-23(35)17(7-14-8-18(25)20(27)19(26)9-14)22(33(5-3-30)24(34)36)32-4-2-15(12-32)21(28)29/h6,8-11,15,21H,2,4-5,7,12H2,1H3. The third kappa shape index (κ3) is 4.60. The summed E-state index contributed by atoms with van der Waals surface area (Å²) in [5.41, 5.74) is -1.34. The van der Waals surface area contributed by atoms with Crippen molar-refractivity contribution in [3.05, 3.63) is 85.6 Å². The average molecular weight is 505 g/mol. The first kappa shape index (κ1) is 25.1. The second-order valence-electron chi connectivity index (χ2n) is 8.57. The number of aryl methyl sites for hydroxylation is 1. The highest BCUT2D eigenvalue weighted by Crippen LogP contribution is 2.30. The monoisotopic (exact) mass is 505 g/mol. The summed E-state index contributed by atoms with van der Waals surface area (Å²) in [4.78, 5) is 32.5. The quantitative estimate of drug-likeness (QED) is 0.379. The first-order valence-corrected chi connectivity index (χ1v) is 11.0. The molecule has 1 aliphatic rings. The Bertz CT molecular complexity index is 1450. The summed E-state index contributed by atoms with van der Waals surface area (Å²) in [6.07, 6.45) is -0.272. The molecular formula is C24H20F5N5O2. The van der Waals surface area contributed by atoms with Gasteiger partial charge in [-0.05, 0) is 42.7 Å². The van der Waals surface area contributed by atoms with E-state index >= 15 is 0 Å². The van der Waals surface area contributed by atoms with E-state index in [1.54, 1.807) is 6.92 Å². The van der Waals surface area contributed by atoms with Crippen LogP contribution >= 0.6 is 0 Å². The van der Waals surface area contributed by atoms with Crippen LogP contribution in [0.2, 0.25) is 0 Å². The molecule has 0 aliphatic carbocycles. The van der Waals surface area contributed by atoms with E-state index in [0.29, 0.717) is 17.7 Å². The van der Waals surface area contributed by atoms with Crippen molar-refractivity contribution in [1.29, 1.82) is 5.26 Å². The molecule has 0 saturated carbocycles. The highest BCUT2D eigenvalue weighted by Gasteiger charge is 2.34. The molecule has 4 rings (SSSR count). The molecule has 0 bridgehead atoms. The lowest BCUT2D eigenvalue weighted by Crippen LogP contribution is -2.44.